The summed E-state index contributed by atoms with van der Waals surface area (Å²) >= 11 is 0. The molecule has 0 atom stereocenters. The van der Waals surface area contributed by atoms with Gasteiger partial charge in [-0.1, -0.05) is 56.3 Å². The van der Waals surface area contributed by atoms with Crippen LogP contribution < -0.4 is 0 Å². The van der Waals surface area contributed by atoms with Crippen LogP contribution >= 0.6 is 0 Å². The highest BCUT2D eigenvalue weighted by molar-refractivity contribution is 5.81. The molecular formula is C17H23N. The minimum Gasteiger partial charge on any atom is -0.304 e. The summed E-state index contributed by atoms with van der Waals surface area (Å²) in [4.78, 5) is 2.49. The number of hydrogen-bond donors (Lipinski definition) is 0. The quantitative estimate of drug-likeness (QED) is 0.723. The number of allylic oxidation sites excluding steroid dienone is 3. The molecule has 0 heterocycles. The molecule has 0 aromatic heterocycles. The fourth-order valence-electron chi connectivity index (χ4n) is 2.54. The SMILES string of the molecule is CCN(CC)CCC1=CCC=C1c1ccccc1. The van der Waals surface area contributed by atoms with Crippen molar-refractivity contribution in [3.05, 3.63) is 53.6 Å². The second kappa shape index (κ2) is 6.55. The Bertz CT molecular complexity index is 424. The molecule has 0 unspecified atom stereocenters. The zero-order valence-corrected chi connectivity index (χ0v) is 11.5. The summed E-state index contributed by atoms with van der Waals surface area (Å²) < 4.78 is 0. The summed E-state index contributed by atoms with van der Waals surface area (Å²) in [5.41, 5.74) is 4.33. The van der Waals surface area contributed by atoms with Crippen molar-refractivity contribution in [3.63, 3.8) is 0 Å². The number of benzene rings is 1. The van der Waals surface area contributed by atoms with E-state index in [9.17, 15) is 0 Å². The van der Waals surface area contributed by atoms with Crippen LogP contribution in [-0.2, 0) is 0 Å². The fourth-order valence-corrected chi connectivity index (χ4v) is 2.54. The minimum atomic E-state index is 1.10. The number of nitrogens with zero attached hydrogens (tertiary/aromatic N) is 1. The van der Waals surface area contributed by atoms with Gasteiger partial charge in [-0.3, -0.25) is 0 Å². The normalized spacial score (nSPS) is 14.8. The predicted molar refractivity (Wildman–Crippen MR) is 79.5 cm³/mol. The van der Waals surface area contributed by atoms with Crippen molar-refractivity contribution >= 4 is 5.57 Å². The standard InChI is InChI=1S/C17H23N/c1-3-18(4-2)14-13-16-11-8-12-17(16)15-9-6-5-7-10-15/h5-7,9-12H,3-4,8,13-14H2,1-2H3. The van der Waals surface area contributed by atoms with Crippen LogP contribution in [0.15, 0.2) is 48.1 Å². The molecule has 96 valence electrons. The molecule has 0 spiro atoms. The Labute approximate surface area is 111 Å². The molecule has 1 nitrogen and oxygen atoms in total. The minimum absolute atomic E-state index is 1.10. The van der Waals surface area contributed by atoms with Crippen LogP contribution in [0, 0.1) is 0 Å². The Morgan fingerprint density at radius 1 is 1.00 bits per heavy atom. The van der Waals surface area contributed by atoms with Crippen molar-refractivity contribution in [3.8, 4) is 0 Å². The highest BCUT2D eigenvalue weighted by Gasteiger charge is 2.12. The zero-order chi connectivity index (χ0) is 12.8. The molecule has 0 saturated heterocycles. The maximum atomic E-state index is 2.49. The molecule has 1 heteroatoms. The summed E-state index contributed by atoms with van der Waals surface area (Å²) in [7, 11) is 0. The highest BCUT2D eigenvalue weighted by Crippen LogP contribution is 2.31. The molecule has 0 amide bonds. The van der Waals surface area contributed by atoms with E-state index in [0.717, 1.165) is 19.5 Å². The lowest BCUT2D eigenvalue weighted by atomic mass is 9.98. The molecule has 1 aliphatic rings. The fraction of sp³-hybridized carbons (Fsp3) is 0.412. The van der Waals surface area contributed by atoms with Crippen molar-refractivity contribution < 1.29 is 0 Å². The first-order valence-corrected chi connectivity index (χ1v) is 7.02. The molecule has 18 heavy (non-hydrogen) atoms. The highest BCUT2D eigenvalue weighted by atomic mass is 15.1. The van der Waals surface area contributed by atoms with Crippen LogP contribution in [-0.4, -0.2) is 24.5 Å². The van der Waals surface area contributed by atoms with Gasteiger partial charge in [-0.15, -0.1) is 0 Å². The van der Waals surface area contributed by atoms with Crippen LogP contribution in [0.25, 0.3) is 5.57 Å². The van der Waals surface area contributed by atoms with Gasteiger partial charge >= 0.3 is 0 Å². The summed E-state index contributed by atoms with van der Waals surface area (Å²) in [5, 5.41) is 0. The summed E-state index contributed by atoms with van der Waals surface area (Å²) in [6.07, 6.45) is 7.00. The summed E-state index contributed by atoms with van der Waals surface area (Å²) in [6, 6.07) is 10.7. The van der Waals surface area contributed by atoms with Crippen LogP contribution in [0.2, 0.25) is 0 Å². The zero-order valence-electron chi connectivity index (χ0n) is 11.5. The Kier molecular flexibility index (Phi) is 4.77. The molecule has 1 aromatic carbocycles. The third-order valence-electron chi connectivity index (χ3n) is 3.71. The second-order valence-corrected chi connectivity index (χ2v) is 4.73. The second-order valence-electron chi connectivity index (χ2n) is 4.73. The van der Waals surface area contributed by atoms with E-state index >= 15 is 0 Å². The topological polar surface area (TPSA) is 3.24 Å². The van der Waals surface area contributed by atoms with Crippen LogP contribution in [0.1, 0.15) is 32.3 Å². The van der Waals surface area contributed by atoms with Gasteiger partial charge in [0.1, 0.15) is 0 Å². The van der Waals surface area contributed by atoms with E-state index in [2.05, 4.69) is 61.2 Å². The molecule has 0 radical (unpaired) electrons. The Balaban J connectivity index is 2.00. The first-order chi connectivity index (χ1) is 8.85. The Hall–Kier alpha value is -1.34. The van der Waals surface area contributed by atoms with Crippen molar-refractivity contribution in [2.75, 3.05) is 19.6 Å². The van der Waals surface area contributed by atoms with Gasteiger partial charge in [0.2, 0.25) is 0 Å². The first-order valence-electron chi connectivity index (χ1n) is 7.02. The van der Waals surface area contributed by atoms with Crippen LogP contribution in [0.4, 0.5) is 0 Å². The molecule has 0 saturated carbocycles. The van der Waals surface area contributed by atoms with E-state index in [1.165, 1.54) is 29.7 Å². The molecule has 1 aliphatic carbocycles. The van der Waals surface area contributed by atoms with E-state index in [1.807, 2.05) is 0 Å². The largest absolute Gasteiger partial charge is 0.304 e. The molecule has 0 bridgehead atoms. The monoisotopic (exact) mass is 241 g/mol. The van der Waals surface area contributed by atoms with Crippen molar-refractivity contribution in [1.29, 1.82) is 0 Å². The van der Waals surface area contributed by atoms with Crippen molar-refractivity contribution in [1.82, 2.24) is 4.90 Å². The summed E-state index contributed by atoms with van der Waals surface area (Å²) in [6.45, 7) is 7.94. The average molecular weight is 241 g/mol. The lowest BCUT2D eigenvalue weighted by Gasteiger charge is -2.19. The molecule has 0 N–H and O–H groups in total. The third-order valence-corrected chi connectivity index (χ3v) is 3.71. The molecule has 1 aromatic rings. The van der Waals surface area contributed by atoms with Crippen LogP contribution in [0.3, 0.4) is 0 Å². The van der Waals surface area contributed by atoms with Gasteiger partial charge in [0.05, 0.1) is 0 Å². The number of rotatable bonds is 6. The first kappa shape index (κ1) is 13.1. The van der Waals surface area contributed by atoms with Crippen LogP contribution in [0.5, 0.6) is 0 Å². The van der Waals surface area contributed by atoms with E-state index in [4.69, 9.17) is 0 Å². The van der Waals surface area contributed by atoms with E-state index in [-0.39, 0.29) is 0 Å². The lowest BCUT2D eigenvalue weighted by Crippen LogP contribution is -2.24. The number of hydrogen-bond acceptors (Lipinski definition) is 1. The average Bonchev–Trinajstić information content (AvgIpc) is 2.89. The predicted octanol–water partition coefficient (Wildman–Crippen LogP) is 4.13. The van der Waals surface area contributed by atoms with Crippen molar-refractivity contribution in [2.45, 2.75) is 26.7 Å². The van der Waals surface area contributed by atoms with E-state index in [0.29, 0.717) is 0 Å². The van der Waals surface area contributed by atoms with Crippen molar-refractivity contribution in [2.24, 2.45) is 0 Å². The molecule has 0 fully saturated rings. The van der Waals surface area contributed by atoms with Gasteiger partial charge < -0.3 is 4.90 Å². The van der Waals surface area contributed by atoms with Gasteiger partial charge in [0, 0.05) is 6.54 Å². The van der Waals surface area contributed by atoms with Gasteiger partial charge in [0.15, 0.2) is 0 Å². The Morgan fingerprint density at radius 2 is 1.72 bits per heavy atom. The van der Waals surface area contributed by atoms with Gasteiger partial charge in [0.25, 0.3) is 0 Å². The van der Waals surface area contributed by atoms with Gasteiger partial charge in [-0.2, -0.15) is 0 Å². The molecule has 2 rings (SSSR count). The summed E-state index contributed by atoms with van der Waals surface area (Å²) in [5.74, 6) is 0. The lowest BCUT2D eigenvalue weighted by molar-refractivity contribution is 0.308. The molecule has 0 aliphatic heterocycles. The maximum absolute atomic E-state index is 2.49. The van der Waals surface area contributed by atoms with Gasteiger partial charge in [-0.25, -0.2) is 0 Å². The molecular weight excluding hydrogens is 218 g/mol. The van der Waals surface area contributed by atoms with Gasteiger partial charge in [-0.05, 0) is 42.6 Å². The van der Waals surface area contributed by atoms with E-state index in [1.54, 1.807) is 0 Å². The van der Waals surface area contributed by atoms with E-state index < -0.39 is 0 Å². The Morgan fingerprint density at radius 3 is 2.39 bits per heavy atom. The third kappa shape index (κ3) is 3.11. The maximum Gasteiger partial charge on any atom is 0.00217 e. The smallest absolute Gasteiger partial charge is 0.00217 e.